The average Bonchev–Trinajstić information content (AvgIpc) is 3.53. The van der Waals surface area contributed by atoms with Gasteiger partial charge in [-0.15, -0.1) is 0 Å². The molecule has 0 aliphatic carbocycles. The van der Waals surface area contributed by atoms with Crippen molar-refractivity contribution in [2.24, 2.45) is 0 Å². The van der Waals surface area contributed by atoms with Crippen LogP contribution < -0.4 is 10.2 Å². The van der Waals surface area contributed by atoms with E-state index in [4.69, 9.17) is 4.98 Å². The van der Waals surface area contributed by atoms with E-state index < -0.39 is 5.82 Å². The van der Waals surface area contributed by atoms with Crippen LogP contribution in [0.4, 0.5) is 10.2 Å². The van der Waals surface area contributed by atoms with Crippen molar-refractivity contribution in [3.8, 4) is 22.6 Å². The van der Waals surface area contributed by atoms with Crippen molar-refractivity contribution in [1.29, 1.82) is 0 Å². The zero-order chi connectivity index (χ0) is 23.8. The molecule has 0 spiro atoms. The maximum absolute atomic E-state index is 15.9. The second kappa shape index (κ2) is 9.03. The average molecular weight is 472 g/mol. The van der Waals surface area contributed by atoms with E-state index in [1.54, 1.807) is 18.6 Å². The van der Waals surface area contributed by atoms with Crippen LogP contribution in [0.25, 0.3) is 44.7 Å². The minimum absolute atomic E-state index is 0.297. The highest BCUT2D eigenvalue weighted by molar-refractivity contribution is 5.95. The molecule has 1 aliphatic rings. The van der Waals surface area contributed by atoms with Crippen LogP contribution in [0.3, 0.4) is 0 Å². The van der Waals surface area contributed by atoms with Gasteiger partial charge >= 0.3 is 0 Å². The summed E-state index contributed by atoms with van der Waals surface area (Å²) in [6, 6.07) is 3.82. The number of aromatic amines is 2. The first kappa shape index (κ1) is 21.6. The van der Waals surface area contributed by atoms with Crippen LogP contribution in [-0.4, -0.2) is 54.8 Å². The van der Waals surface area contributed by atoms with Crippen LogP contribution in [0.15, 0.2) is 36.9 Å². The third-order valence-corrected chi connectivity index (χ3v) is 6.48. The Balaban J connectivity index is 1.44. The molecule has 0 amide bonds. The number of imidazole rings is 1. The van der Waals surface area contributed by atoms with Crippen LogP contribution in [0, 0.1) is 5.82 Å². The quantitative estimate of drug-likeness (QED) is 0.340. The first-order valence-corrected chi connectivity index (χ1v) is 12.0. The van der Waals surface area contributed by atoms with Gasteiger partial charge in [-0.1, -0.05) is 6.92 Å². The fourth-order valence-electron chi connectivity index (χ4n) is 4.70. The van der Waals surface area contributed by atoms with Crippen molar-refractivity contribution < 1.29 is 4.39 Å². The van der Waals surface area contributed by atoms with Crippen LogP contribution in [0.2, 0.25) is 0 Å². The molecule has 5 aromatic rings. The maximum Gasteiger partial charge on any atom is 0.184 e. The number of anilines is 1. The molecule has 0 saturated carbocycles. The Labute approximate surface area is 201 Å². The molecule has 3 N–H and O–H groups in total. The van der Waals surface area contributed by atoms with Gasteiger partial charge in [0.15, 0.2) is 17.3 Å². The normalized spacial score (nSPS) is 14.3. The molecule has 10 heteroatoms. The Hall–Kier alpha value is -3.92. The van der Waals surface area contributed by atoms with E-state index in [1.807, 2.05) is 19.1 Å². The fourth-order valence-corrected chi connectivity index (χ4v) is 4.70. The molecule has 6 heterocycles. The Bertz CT molecular complexity index is 1500. The van der Waals surface area contributed by atoms with E-state index in [0.29, 0.717) is 40.2 Å². The molecule has 0 radical (unpaired) electrons. The highest BCUT2D eigenvalue weighted by atomic mass is 19.1. The molecule has 6 rings (SSSR count). The number of hydrogen-bond donors (Lipinski definition) is 3. The summed E-state index contributed by atoms with van der Waals surface area (Å²) in [5.41, 5.74) is 4.40. The lowest BCUT2D eigenvalue weighted by molar-refractivity contribution is 0.574. The molecule has 5 aromatic heterocycles. The van der Waals surface area contributed by atoms with E-state index >= 15 is 4.39 Å². The number of pyridine rings is 3. The van der Waals surface area contributed by atoms with E-state index in [-0.39, 0.29) is 0 Å². The second-order valence-electron chi connectivity index (χ2n) is 8.81. The number of fused-ring (bicyclic) bond motifs is 2. The first-order chi connectivity index (χ1) is 17.2. The number of rotatable bonds is 6. The van der Waals surface area contributed by atoms with Gasteiger partial charge in [-0.25, -0.2) is 19.3 Å². The van der Waals surface area contributed by atoms with Crippen LogP contribution in [0.5, 0.6) is 0 Å². The molecule has 9 nitrogen and oxygen atoms in total. The van der Waals surface area contributed by atoms with Crippen LogP contribution >= 0.6 is 0 Å². The molecule has 0 unspecified atom stereocenters. The van der Waals surface area contributed by atoms with Crippen molar-refractivity contribution >= 4 is 27.9 Å². The standard InChI is InChI=1S/C25H26FN9/c1-2-27-11-15-10-16(13-28-12-15)17-14-30-23-19(20(17)26)22(33-34-23)24-31-18-6-7-29-25(21(18)32-24)35-8-4-3-5-9-35/h6-7,10,12-14,27H,2-5,8-9,11H2,1H3,(H,31,32)(H,30,33,34). The number of nitrogens with one attached hydrogen (secondary N) is 3. The number of halogens is 1. The van der Waals surface area contributed by atoms with E-state index in [1.165, 1.54) is 12.6 Å². The van der Waals surface area contributed by atoms with Gasteiger partial charge in [0, 0.05) is 55.5 Å². The summed E-state index contributed by atoms with van der Waals surface area (Å²) in [6.45, 7) is 5.47. The molecule has 35 heavy (non-hydrogen) atoms. The van der Waals surface area contributed by atoms with Gasteiger partial charge in [0.25, 0.3) is 0 Å². The molecule has 1 fully saturated rings. The highest BCUT2D eigenvalue weighted by Gasteiger charge is 2.22. The predicted octanol–water partition coefficient (Wildman–Crippen LogP) is 4.20. The van der Waals surface area contributed by atoms with Gasteiger partial charge in [0.05, 0.1) is 10.9 Å². The molecule has 0 bridgehead atoms. The largest absolute Gasteiger partial charge is 0.355 e. The molecule has 1 saturated heterocycles. The molecule has 1 aliphatic heterocycles. The summed E-state index contributed by atoms with van der Waals surface area (Å²) in [5, 5.41) is 10.8. The lowest BCUT2D eigenvalue weighted by Gasteiger charge is -2.27. The number of hydrogen-bond acceptors (Lipinski definition) is 7. The topological polar surface area (TPSA) is 111 Å². The Morgan fingerprint density at radius 2 is 2.00 bits per heavy atom. The monoisotopic (exact) mass is 471 g/mol. The number of aromatic nitrogens is 7. The summed E-state index contributed by atoms with van der Waals surface area (Å²) in [5.74, 6) is 0.956. The van der Waals surface area contributed by atoms with Crippen molar-refractivity contribution in [1.82, 2.24) is 40.4 Å². The summed E-state index contributed by atoms with van der Waals surface area (Å²) in [4.78, 5) is 23.7. The lowest BCUT2D eigenvalue weighted by Crippen LogP contribution is -2.30. The van der Waals surface area contributed by atoms with E-state index in [9.17, 15) is 0 Å². The Morgan fingerprint density at radius 1 is 1.11 bits per heavy atom. The zero-order valence-electron chi connectivity index (χ0n) is 19.5. The van der Waals surface area contributed by atoms with E-state index in [2.05, 4.69) is 40.3 Å². The summed E-state index contributed by atoms with van der Waals surface area (Å²) >= 11 is 0. The highest BCUT2D eigenvalue weighted by Crippen LogP contribution is 2.34. The minimum Gasteiger partial charge on any atom is -0.355 e. The number of nitrogens with zero attached hydrogens (tertiary/aromatic N) is 6. The molecule has 0 atom stereocenters. The third-order valence-electron chi connectivity index (χ3n) is 6.48. The SMILES string of the molecule is CCNCc1cncc(-c2cnc3n[nH]c(-c4nc5c(N6CCCCC6)nccc5[nH]4)c3c2F)c1. The van der Waals surface area contributed by atoms with Gasteiger partial charge < -0.3 is 15.2 Å². The first-order valence-electron chi connectivity index (χ1n) is 12.0. The molecule has 178 valence electrons. The summed E-state index contributed by atoms with van der Waals surface area (Å²) in [6.07, 6.45) is 10.2. The van der Waals surface area contributed by atoms with Gasteiger partial charge in [-0.05, 0) is 43.5 Å². The van der Waals surface area contributed by atoms with Crippen molar-refractivity contribution in [3.05, 3.63) is 48.3 Å². The predicted molar refractivity (Wildman–Crippen MR) is 133 cm³/mol. The van der Waals surface area contributed by atoms with Gasteiger partial charge in [-0.3, -0.25) is 10.1 Å². The van der Waals surface area contributed by atoms with Gasteiger partial charge in [0.2, 0.25) is 0 Å². The van der Waals surface area contributed by atoms with Crippen LogP contribution in [0.1, 0.15) is 31.7 Å². The molecular formula is C25H26FN9. The van der Waals surface area contributed by atoms with E-state index in [0.717, 1.165) is 54.9 Å². The van der Waals surface area contributed by atoms with Crippen molar-refractivity contribution in [2.45, 2.75) is 32.7 Å². The lowest BCUT2D eigenvalue weighted by atomic mass is 10.1. The Morgan fingerprint density at radius 3 is 2.86 bits per heavy atom. The Kier molecular flexibility index (Phi) is 5.57. The van der Waals surface area contributed by atoms with Crippen LogP contribution in [-0.2, 0) is 6.54 Å². The van der Waals surface area contributed by atoms with Gasteiger partial charge in [0.1, 0.15) is 17.0 Å². The molecule has 0 aromatic carbocycles. The van der Waals surface area contributed by atoms with Gasteiger partial charge in [-0.2, -0.15) is 5.10 Å². The maximum atomic E-state index is 15.9. The molecular weight excluding hydrogens is 445 g/mol. The fraction of sp³-hybridized carbons (Fsp3) is 0.320. The second-order valence-corrected chi connectivity index (χ2v) is 8.81. The van der Waals surface area contributed by atoms with Crippen molar-refractivity contribution in [2.75, 3.05) is 24.5 Å². The smallest absolute Gasteiger partial charge is 0.184 e. The summed E-state index contributed by atoms with van der Waals surface area (Å²) < 4.78 is 15.9. The zero-order valence-corrected chi connectivity index (χ0v) is 19.5. The third kappa shape index (κ3) is 3.89. The number of H-pyrrole nitrogens is 2. The minimum atomic E-state index is -0.406. The number of piperidine rings is 1. The van der Waals surface area contributed by atoms with Crippen molar-refractivity contribution in [3.63, 3.8) is 0 Å². The summed E-state index contributed by atoms with van der Waals surface area (Å²) in [7, 11) is 0.